The molecule has 11 heteroatoms. The van der Waals surface area contributed by atoms with E-state index in [1.165, 1.54) is 22.7 Å². The smallest absolute Gasteiger partial charge is 0.267 e. The molecule has 9 nitrogen and oxygen atoms in total. The van der Waals surface area contributed by atoms with Gasteiger partial charge in [-0.1, -0.05) is 0 Å². The molecular formula is C22H23N5O4S2. The van der Waals surface area contributed by atoms with Crippen LogP contribution < -0.4 is 20.3 Å². The van der Waals surface area contributed by atoms with Crippen LogP contribution in [0.3, 0.4) is 0 Å². The molecule has 0 bridgehead atoms. The van der Waals surface area contributed by atoms with Gasteiger partial charge < -0.3 is 19.4 Å². The number of thiazole rings is 1. The van der Waals surface area contributed by atoms with Crippen LogP contribution in [0, 0.1) is 6.92 Å². The topological polar surface area (TPSA) is 109 Å². The number of hydrogen-bond donors (Lipinski definition) is 2. The van der Waals surface area contributed by atoms with Crippen molar-refractivity contribution in [2.24, 2.45) is 0 Å². The molecule has 172 valence electrons. The molecule has 0 saturated heterocycles. The van der Waals surface area contributed by atoms with E-state index in [1.54, 1.807) is 33.3 Å². The van der Waals surface area contributed by atoms with Gasteiger partial charge in [-0.2, -0.15) is 0 Å². The minimum absolute atomic E-state index is 0.244. The van der Waals surface area contributed by atoms with Gasteiger partial charge in [0, 0.05) is 10.9 Å². The Bertz CT molecular complexity index is 1390. The predicted octanol–water partition coefficient (Wildman–Crippen LogP) is 3.75. The van der Waals surface area contributed by atoms with Gasteiger partial charge in [0.1, 0.15) is 22.2 Å². The second-order valence-electron chi connectivity index (χ2n) is 7.54. The number of rotatable bonds is 7. The molecular weight excluding hydrogens is 462 g/mol. The van der Waals surface area contributed by atoms with Crippen LogP contribution in [0.25, 0.3) is 21.5 Å². The second kappa shape index (κ2) is 9.30. The zero-order chi connectivity index (χ0) is 23.7. The molecule has 2 N–H and O–H groups in total. The Morgan fingerprint density at radius 3 is 2.70 bits per heavy atom. The number of anilines is 1. The average Bonchev–Trinajstić information content (AvgIpc) is 3.37. The molecule has 0 aliphatic rings. The van der Waals surface area contributed by atoms with Crippen molar-refractivity contribution in [1.82, 2.24) is 19.9 Å². The number of aromatic amines is 1. The molecule has 0 radical (unpaired) electrons. The van der Waals surface area contributed by atoms with E-state index in [0.29, 0.717) is 55.4 Å². The highest BCUT2D eigenvalue weighted by molar-refractivity contribution is 7.21. The summed E-state index contributed by atoms with van der Waals surface area (Å²) in [6.07, 6.45) is 0. The van der Waals surface area contributed by atoms with Crippen LogP contribution in [0.2, 0.25) is 0 Å². The third kappa shape index (κ3) is 4.61. The fraction of sp³-hybridized carbons (Fsp3) is 0.273. The Balaban J connectivity index is 1.62. The second-order valence-corrected chi connectivity index (χ2v) is 9.40. The first kappa shape index (κ1) is 22.9. The van der Waals surface area contributed by atoms with Gasteiger partial charge in [0.25, 0.3) is 11.5 Å². The van der Waals surface area contributed by atoms with Crippen LogP contribution in [0.5, 0.6) is 11.5 Å². The number of aromatic nitrogens is 3. The Morgan fingerprint density at radius 2 is 2.00 bits per heavy atom. The highest BCUT2D eigenvalue weighted by Gasteiger charge is 2.21. The molecule has 1 amide bonds. The molecule has 4 rings (SSSR count). The van der Waals surface area contributed by atoms with E-state index in [-0.39, 0.29) is 11.5 Å². The summed E-state index contributed by atoms with van der Waals surface area (Å²) in [7, 11) is 6.97. The molecule has 0 fully saturated rings. The third-order valence-electron chi connectivity index (χ3n) is 4.93. The number of amides is 1. The van der Waals surface area contributed by atoms with Gasteiger partial charge in [0.05, 0.1) is 36.7 Å². The molecule has 3 heterocycles. The SMILES string of the molecule is COc1ccc(OC)c(-c2csc(NC(=O)c3sc4nc(CN(C)C)[nH]c(=O)c4c3C)n2)c1. The van der Waals surface area contributed by atoms with Crippen molar-refractivity contribution in [1.29, 1.82) is 0 Å². The summed E-state index contributed by atoms with van der Waals surface area (Å²) in [5, 5.41) is 5.55. The maximum absolute atomic E-state index is 13.0. The van der Waals surface area contributed by atoms with E-state index in [1.807, 2.05) is 30.4 Å². The van der Waals surface area contributed by atoms with Gasteiger partial charge >= 0.3 is 0 Å². The van der Waals surface area contributed by atoms with E-state index < -0.39 is 0 Å². The van der Waals surface area contributed by atoms with Crippen LogP contribution in [0.1, 0.15) is 21.1 Å². The molecule has 0 aliphatic carbocycles. The number of H-pyrrole nitrogens is 1. The highest BCUT2D eigenvalue weighted by Crippen LogP contribution is 2.35. The fourth-order valence-electron chi connectivity index (χ4n) is 3.40. The molecule has 0 atom stereocenters. The largest absolute Gasteiger partial charge is 0.497 e. The van der Waals surface area contributed by atoms with E-state index in [9.17, 15) is 9.59 Å². The average molecular weight is 486 g/mol. The minimum Gasteiger partial charge on any atom is -0.497 e. The van der Waals surface area contributed by atoms with Crippen molar-refractivity contribution in [2.75, 3.05) is 33.6 Å². The number of hydrogen-bond acceptors (Lipinski definition) is 9. The summed E-state index contributed by atoms with van der Waals surface area (Å²) < 4.78 is 10.7. The number of nitrogens with zero attached hydrogens (tertiary/aromatic N) is 3. The zero-order valence-corrected chi connectivity index (χ0v) is 20.4. The summed E-state index contributed by atoms with van der Waals surface area (Å²) in [5.41, 5.74) is 1.77. The lowest BCUT2D eigenvalue weighted by molar-refractivity contribution is 0.103. The summed E-state index contributed by atoms with van der Waals surface area (Å²) in [4.78, 5) is 40.4. The standard InChI is InChI=1S/C22H23N5O4S2/c1-11-17-19(28)24-16(9-27(2)3)25-21(17)33-18(11)20(29)26-22-23-14(10-32-22)13-8-12(30-4)6-7-15(13)31-5/h6-8,10H,9H2,1-5H3,(H,23,26,29)(H,24,25,28). The zero-order valence-electron chi connectivity index (χ0n) is 18.8. The van der Waals surface area contributed by atoms with Crippen molar-refractivity contribution in [3.8, 4) is 22.8 Å². The van der Waals surface area contributed by atoms with Crippen LogP contribution in [-0.4, -0.2) is 54.1 Å². The van der Waals surface area contributed by atoms with Crippen molar-refractivity contribution >= 4 is 43.9 Å². The van der Waals surface area contributed by atoms with E-state index in [0.717, 1.165) is 5.56 Å². The monoisotopic (exact) mass is 485 g/mol. The third-order valence-corrected chi connectivity index (χ3v) is 6.87. The first-order chi connectivity index (χ1) is 15.8. The molecule has 33 heavy (non-hydrogen) atoms. The first-order valence-corrected chi connectivity index (χ1v) is 11.7. The molecule has 0 unspecified atom stereocenters. The lowest BCUT2D eigenvalue weighted by Crippen LogP contribution is -2.18. The molecule has 0 saturated carbocycles. The minimum atomic E-state index is -0.331. The van der Waals surface area contributed by atoms with E-state index >= 15 is 0 Å². The Kier molecular flexibility index (Phi) is 6.45. The molecule has 4 aromatic rings. The number of thiophene rings is 1. The number of ether oxygens (including phenoxy) is 2. The molecule has 0 spiro atoms. The maximum Gasteiger partial charge on any atom is 0.267 e. The number of aryl methyl sites for hydroxylation is 1. The van der Waals surface area contributed by atoms with Gasteiger partial charge in [0.2, 0.25) is 0 Å². The Hall–Kier alpha value is -3.28. The maximum atomic E-state index is 13.0. The predicted molar refractivity (Wildman–Crippen MR) is 131 cm³/mol. The number of carbonyl (C=O) groups is 1. The summed E-state index contributed by atoms with van der Waals surface area (Å²) in [5.74, 6) is 1.56. The Morgan fingerprint density at radius 1 is 1.21 bits per heavy atom. The van der Waals surface area contributed by atoms with Crippen LogP contribution >= 0.6 is 22.7 Å². The van der Waals surface area contributed by atoms with Gasteiger partial charge in [0.15, 0.2) is 5.13 Å². The lowest BCUT2D eigenvalue weighted by atomic mass is 10.1. The lowest BCUT2D eigenvalue weighted by Gasteiger charge is -2.08. The highest BCUT2D eigenvalue weighted by atomic mass is 32.1. The van der Waals surface area contributed by atoms with Crippen molar-refractivity contribution < 1.29 is 14.3 Å². The quantitative estimate of drug-likeness (QED) is 0.410. The van der Waals surface area contributed by atoms with Crippen molar-refractivity contribution in [3.05, 3.63) is 50.2 Å². The van der Waals surface area contributed by atoms with E-state index in [4.69, 9.17) is 9.47 Å². The van der Waals surface area contributed by atoms with Crippen molar-refractivity contribution in [2.45, 2.75) is 13.5 Å². The summed E-state index contributed by atoms with van der Waals surface area (Å²) >= 11 is 2.50. The Labute approximate surface area is 198 Å². The van der Waals surface area contributed by atoms with Crippen LogP contribution in [-0.2, 0) is 6.54 Å². The summed E-state index contributed by atoms with van der Waals surface area (Å²) in [6.45, 7) is 2.25. The molecule has 0 aliphatic heterocycles. The fourth-order valence-corrected chi connectivity index (χ4v) is 5.20. The summed E-state index contributed by atoms with van der Waals surface area (Å²) in [6, 6.07) is 5.45. The number of fused-ring (bicyclic) bond motifs is 1. The normalized spacial score (nSPS) is 11.2. The number of benzene rings is 1. The van der Waals surface area contributed by atoms with Gasteiger partial charge in [-0.05, 0) is 44.8 Å². The van der Waals surface area contributed by atoms with Gasteiger partial charge in [-0.15, -0.1) is 22.7 Å². The first-order valence-electron chi connectivity index (χ1n) is 9.97. The number of nitrogens with one attached hydrogen (secondary N) is 2. The van der Waals surface area contributed by atoms with Crippen LogP contribution in [0.15, 0.2) is 28.4 Å². The number of carbonyl (C=O) groups excluding carboxylic acids is 1. The number of methoxy groups -OCH3 is 2. The van der Waals surface area contributed by atoms with Crippen molar-refractivity contribution in [3.63, 3.8) is 0 Å². The molecule has 3 aromatic heterocycles. The van der Waals surface area contributed by atoms with Gasteiger partial charge in [-0.25, -0.2) is 9.97 Å². The van der Waals surface area contributed by atoms with E-state index in [2.05, 4.69) is 20.3 Å². The van der Waals surface area contributed by atoms with Gasteiger partial charge in [-0.3, -0.25) is 14.9 Å². The molecule has 1 aromatic carbocycles. The van der Waals surface area contributed by atoms with Crippen LogP contribution in [0.4, 0.5) is 5.13 Å².